The van der Waals surface area contributed by atoms with E-state index in [1.807, 2.05) is 0 Å². The highest BCUT2D eigenvalue weighted by molar-refractivity contribution is 8.01. The maximum atomic E-state index is 12.9. The number of aromatic amines is 1. The third-order valence-electron chi connectivity index (χ3n) is 5.42. The molecule has 3 unspecified atom stereocenters. The van der Waals surface area contributed by atoms with Gasteiger partial charge in [-0.15, -0.1) is 22.0 Å². The quantitative estimate of drug-likeness (QED) is 0.0896. The van der Waals surface area contributed by atoms with Crippen molar-refractivity contribution in [2.45, 2.75) is 28.7 Å². The van der Waals surface area contributed by atoms with Crippen molar-refractivity contribution in [2.24, 2.45) is 10.6 Å². The molecule has 4 rings (SSSR count). The number of carbonyl (C=O) groups is 4. The molecule has 35 heavy (non-hydrogen) atoms. The molecule has 2 fully saturated rings. The number of aromatic nitrogens is 6. The maximum absolute atomic E-state index is 12.9. The highest BCUT2D eigenvalue weighted by atomic mass is 32.2. The standard InChI is InChI=1S/C16H18N10O6S3/c1-6(34-15-20-24-25-21-15)16(13(30)31)3-26-11(29)8(12(26)33-4-16)18-10(28)7(22-32-2)9-19-14(17-5-27)35-23-9/h5-6,8,12H,3-4H2,1-2H3,(H,18,28)(H,30,31)(H,17,19,23,27)(H,20,21,24,25)/t6?,8?,12-,16?/m1/s1. The Kier molecular flexibility index (Phi) is 7.17. The van der Waals surface area contributed by atoms with Crippen LogP contribution in [-0.2, 0) is 24.0 Å². The number of nitrogens with zero attached hydrogens (tertiary/aromatic N) is 7. The maximum Gasteiger partial charge on any atom is 0.313 e. The topological polar surface area (TPSA) is 218 Å². The van der Waals surface area contributed by atoms with Gasteiger partial charge >= 0.3 is 5.97 Å². The molecule has 0 aromatic carbocycles. The van der Waals surface area contributed by atoms with Crippen LogP contribution in [0.2, 0.25) is 0 Å². The van der Waals surface area contributed by atoms with Crippen molar-refractivity contribution >= 4 is 70.1 Å². The molecule has 0 radical (unpaired) electrons. The second-order valence-electron chi connectivity index (χ2n) is 7.34. The molecule has 4 N–H and O–H groups in total. The zero-order valence-corrected chi connectivity index (χ0v) is 20.5. The highest BCUT2D eigenvalue weighted by Crippen LogP contribution is 2.47. The molecular formula is C16H18N10O6S3. The van der Waals surface area contributed by atoms with Crippen molar-refractivity contribution < 1.29 is 29.1 Å². The van der Waals surface area contributed by atoms with Crippen LogP contribution in [0.5, 0.6) is 0 Å². The van der Waals surface area contributed by atoms with E-state index in [9.17, 15) is 24.3 Å². The van der Waals surface area contributed by atoms with E-state index in [-0.39, 0.29) is 29.0 Å². The molecule has 16 nitrogen and oxygen atoms in total. The Morgan fingerprint density at radius 1 is 1.49 bits per heavy atom. The lowest BCUT2D eigenvalue weighted by atomic mass is 9.84. The Balaban J connectivity index is 1.45. The molecule has 4 heterocycles. The lowest BCUT2D eigenvalue weighted by molar-refractivity contribution is -0.158. The van der Waals surface area contributed by atoms with Crippen LogP contribution in [0, 0.1) is 5.41 Å². The number of thioether (sulfide) groups is 2. The fourth-order valence-corrected chi connectivity index (χ4v) is 6.81. The first-order valence-corrected chi connectivity index (χ1v) is 12.5. The van der Waals surface area contributed by atoms with Gasteiger partial charge in [-0.25, -0.2) is 0 Å². The summed E-state index contributed by atoms with van der Waals surface area (Å²) in [6.07, 6.45) is 0.415. The van der Waals surface area contributed by atoms with Crippen molar-refractivity contribution in [2.75, 3.05) is 24.7 Å². The molecule has 3 amide bonds. The van der Waals surface area contributed by atoms with Crippen molar-refractivity contribution in [3.8, 4) is 0 Å². The van der Waals surface area contributed by atoms with Gasteiger partial charge in [-0.3, -0.25) is 19.2 Å². The molecule has 19 heteroatoms. The Bertz CT molecular complexity index is 1160. The Labute approximate surface area is 209 Å². The van der Waals surface area contributed by atoms with Gasteiger partial charge < -0.3 is 25.5 Å². The van der Waals surface area contributed by atoms with Gasteiger partial charge in [-0.05, 0) is 5.21 Å². The van der Waals surface area contributed by atoms with Crippen LogP contribution in [-0.4, -0.2) is 106 Å². The number of fused-ring (bicyclic) bond motifs is 1. The Hall–Kier alpha value is -3.32. The van der Waals surface area contributed by atoms with Gasteiger partial charge in [-0.2, -0.15) is 14.6 Å². The van der Waals surface area contributed by atoms with Gasteiger partial charge in [0.25, 0.3) is 5.91 Å². The molecule has 2 aromatic heterocycles. The average Bonchev–Trinajstić information content (AvgIpc) is 3.52. The third kappa shape index (κ3) is 4.65. The molecule has 2 aliphatic heterocycles. The Morgan fingerprint density at radius 2 is 2.29 bits per heavy atom. The number of carboxylic acid groups (broad SMARTS) is 1. The van der Waals surface area contributed by atoms with E-state index in [1.54, 1.807) is 6.92 Å². The fourth-order valence-electron chi connectivity index (χ4n) is 3.53. The lowest BCUT2D eigenvalue weighted by Gasteiger charge is -2.54. The number of nitrogens with one attached hydrogen (secondary N) is 3. The van der Waals surface area contributed by atoms with Gasteiger partial charge in [0, 0.05) is 29.1 Å². The van der Waals surface area contributed by atoms with Crippen molar-refractivity contribution in [1.82, 2.24) is 40.2 Å². The highest BCUT2D eigenvalue weighted by Gasteiger charge is 2.59. The van der Waals surface area contributed by atoms with Crippen molar-refractivity contribution in [1.29, 1.82) is 0 Å². The summed E-state index contributed by atoms with van der Waals surface area (Å²) in [4.78, 5) is 58.8. The van der Waals surface area contributed by atoms with Crippen LogP contribution in [0.25, 0.3) is 0 Å². The first kappa shape index (κ1) is 24.8. The number of aliphatic carboxylic acids is 1. The fraction of sp³-hybridized carbons (Fsp3) is 0.500. The van der Waals surface area contributed by atoms with Crippen molar-refractivity contribution in [3.63, 3.8) is 0 Å². The molecule has 2 aromatic rings. The lowest BCUT2D eigenvalue weighted by Crippen LogP contribution is -2.74. The van der Waals surface area contributed by atoms with Gasteiger partial charge in [0.05, 0.1) is 0 Å². The zero-order valence-electron chi connectivity index (χ0n) is 18.1. The summed E-state index contributed by atoms with van der Waals surface area (Å²) in [6, 6.07) is -0.896. The minimum Gasteiger partial charge on any atom is -0.481 e. The number of tetrazole rings is 1. The summed E-state index contributed by atoms with van der Waals surface area (Å²) in [5, 5.41) is 31.6. The summed E-state index contributed by atoms with van der Waals surface area (Å²) in [5.74, 6) is -2.11. The summed E-state index contributed by atoms with van der Waals surface area (Å²) in [5.41, 5.74) is -1.54. The number of carbonyl (C=O) groups excluding carboxylic acids is 3. The molecule has 0 bridgehead atoms. The van der Waals surface area contributed by atoms with E-state index in [0.717, 1.165) is 23.3 Å². The van der Waals surface area contributed by atoms with E-state index in [1.165, 1.54) is 23.8 Å². The first-order valence-electron chi connectivity index (χ1n) is 9.82. The zero-order chi connectivity index (χ0) is 25.2. The van der Waals surface area contributed by atoms with E-state index in [2.05, 4.69) is 45.8 Å². The van der Waals surface area contributed by atoms with E-state index in [0.29, 0.717) is 11.6 Å². The molecule has 0 aliphatic carbocycles. The monoisotopic (exact) mass is 542 g/mol. The summed E-state index contributed by atoms with van der Waals surface area (Å²) in [6.45, 7) is 1.70. The summed E-state index contributed by atoms with van der Waals surface area (Å²) >= 11 is 3.24. The molecule has 186 valence electrons. The largest absolute Gasteiger partial charge is 0.481 e. The number of β-lactam (4-membered cyclic amide) rings is 1. The number of anilines is 1. The SMILES string of the molecule is CON=C(C(=O)NC1C(=O)N2CC(C(=O)O)(C(C)Sc3nn[nH]n3)CS[C@H]12)c1nsc(NC=O)n1. The van der Waals surface area contributed by atoms with Crippen LogP contribution >= 0.6 is 35.1 Å². The molecule has 2 saturated heterocycles. The predicted molar refractivity (Wildman–Crippen MR) is 123 cm³/mol. The number of hydrogen-bond acceptors (Lipinski definition) is 14. The minimum atomic E-state index is -1.26. The van der Waals surface area contributed by atoms with Crippen LogP contribution < -0.4 is 10.6 Å². The van der Waals surface area contributed by atoms with Crippen LogP contribution in [0.1, 0.15) is 12.7 Å². The first-order chi connectivity index (χ1) is 16.8. The number of amides is 3. The molecular weight excluding hydrogens is 524 g/mol. The predicted octanol–water partition coefficient (Wildman–Crippen LogP) is -1.38. The number of carboxylic acids is 1. The number of oxime groups is 1. The van der Waals surface area contributed by atoms with E-state index >= 15 is 0 Å². The smallest absolute Gasteiger partial charge is 0.313 e. The average molecular weight is 543 g/mol. The van der Waals surface area contributed by atoms with Crippen LogP contribution in [0.3, 0.4) is 0 Å². The molecule has 2 aliphatic rings. The number of hydrogen-bond donors (Lipinski definition) is 4. The van der Waals surface area contributed by atoms with Gasteiger partial charge in [0.15, 0.2) is 0 Å². The van der Waals surface area contributed by atoms with Gasteiger partial charge in [0.1, 0.15) is 23.9 Å². The normalized spacial score (nSPS) is 24.7. The number of H-pyrrole nitrogens is 1. The van der Waals surface area contributed by atoms with Gasteiger partial charge in [-0.1, -0.05) is 23.8 Å². The molecule has 0 spiro atoms. The molecule has 4 atom stereocenters. The second kappa shape index (κ2) is 10.1. The summed E-state index contributed by atoms with van der Waals surface area (Å²) < 4.78 is 3.97. The van der Waals surface area contributed by atoms with Gasteiger partial charge in [0.2, 0.25) is 34.1 Å². The van der Waals surface area contributed by atoms with Crippen LogP contribution in [0.4, 0.5) is 5.13 Å². The summed E-state index contributed by atoms with van der Waals surface area (Å²) in [7, 11) is 1.23. The van der Waals surface area contributed by atoms with E-state index in [4.69, 9.17) is 4.84 Å². The third-order valence-corrected chi connectivity index (χ3v) is 8.81. The number of rotatable bonds is 10. The Morgan fingerprint density at radius 3 is 2.94 bits per heavy atom. The van der Waals surface area contributed by atoms with Crippen molar-refractivity contribution in [3.05, 3.63) is 5.82 Å². The minimum absolute atomic E-state index is 0.0371. The van der Waals surface area contributed by atoms with Crippen LogP contribution in [0.15, 0.2) is 10.3 Å². The second-order valence-corrected chi connectivity index (χ2v) is 10.5. The molecule has 0 saturated carbocycles. The van der Waals surface area contributed by atoms with E-state index < -0.39 is 39.9 Å².